The van der Waals surface area contributed by atoms with Crippen LogP contribution in [0.3, 0.4) is 0 Å². The van der Waals surface area contributed by atoms with Crippen molar-refractivity contribution in [1.29, 1.82) is 0 Å². The molecule has 1 aliphatic rings. The Kier molecular flexibility index (Phi) is 4.95. The Morgan fingerprint density at radius 3 is 3.05 bits per heavy atom. The number of rotatable bonds is 4. The summed E-state index contributed by atoms with van der Waals surface area (Å²) in [4.78, 5) is 13.9. The number of carbonyl (C=O) groups excluding carboxylic acids is 1. The number of fused-ring (bicyclic) bond motifs is 1. The van der Waals surface area contributed by atoms with E-state index in [9.17, 15) is 9.18 Å². The molecular formula is C15H21FN2O2. The molecule has 0 aliphatic carbocycles. The van der Waals surface area contributed by atoms with Gasteiger partial charge in [0.15, 0.2) is 0 Å². The van der Waals surface area contributed by atoms with Gasteiger partial charge in [0.25, 0.3) is 0 Å². The van der Waals surface area contributed by atoms with Gasteiger partial charge in [0.1, 0.15) is 11.6 Å². The van der Waals surface area contributed by atoms with Crippen LogP contribution in [0.2, 0.25) is 0 Å². The largest absolute Gasteiger partial charge is 0.493 e. The highest BCUT2D eigenvalue weighted by Crippen LogP contribution is 2.32. The molecule has 0 fully saturated rings. The number of nitrogens with zero attached hydrogens (tertiary/aromatic N) is 1. The normalized spacial score (nSPS) is 18.1. The van der Waals surface area contributed by atoms with Crippen molar-refractivity contribution in [3.05, 3.63) is 29.6 Å². The molecule has 4 nitrogen and oxygen atoms in total. The van der Waals surface area contributed by atoms with E-state index in [1.807, 2.05) is 19.0 Å². The number of hydrogen-bond acceptors (Lipinski definition) is 3. The highest BCUT2D eigenvalue weighted by atomic mass is 19.1. The number of benzene rings is 1. The third-order valence-electron chi connectivity index (χ3n) is 3.36. The molecule has 1 unspecified atom stereocenters. The lowest BCUT2D eigenvalue weighted by Crippen LogP contribution is -2.30. The van der Waals surface area contributed by atoms with Crippen molar-refractivity contribution in [3.63, 3.8) is 0 Å². The van der Waals surface area contributed by atoms with Gasteiger partial charge in [-0.25, -0.2) is 4.39 Å². The SMILES string of the molecule is CN(C)CCC(=O)NC1CCCOc2ccc(F)cc21. The van der Waals surface area contributed by atoms with Gasteiger partial charge in [0.2, 0.25) is 5.91 Å². The van der Waals surface area contributed by atoms with Gasteiger partial charge in [-0.3, -0.25) is 4.79 Å². The summed E-state index contributed by atoms with van der Waals surface area (Å²) in [7, 11) is 3.86. The monoisotopic (exact) mass is 280 g/mol. The minimum Gasteiger partial charge on any atom is -0.493 e. The number of nitrogens with one attached hydrogen (secondary N) is 1. The van der Waals surface area contributed by atoms with Crippen LogP contribution in [0.1, 0.15) is 30.9 Å². The second kappa shape index (κ2) is 6.70. The molecule has 1 N–H and O–H groups in total. The molecular weight excluding hydrogens is 259 g/mol. The molecule has 0 saturated heterocycles. The van der Waals surface area contributed by atoms with E-state index in [2.05, 4.69) is 5.32 Å². The van der Waals surface area contributed by atoms with Gasteiger partial charge >= 0.3 is 0 Å². The highest BCUT2D eigenvalue weighted by molar-refractivity contribution is 5.76. The summed E-state index contributed by atoms with van der Waals surface area (Å²) in [6.45, 7) is 1.30. The molecule has 20 heavy (non-hydrogen) atoms. The first-order chi connectivity index (χ1) is 9.56. The first kappa shape index (κ1) is 14.8. The molecule has 1 aromatic rings. The minimum absolute atomic E-state index is 0.0131. The fourth-order valence-electron chi connectivity index (χ4n) is 2.29. The smallest absolute Gasteiger partial charge is 0.221 e. The van der Waals surface area contributed by atoms with E-state index in [1.165, 1.54) is 12.1 Å². The molecule has 1 aliphatic heterocycles. The zero-order valence-electron chi connectivity index (χ0n) is 12.0. The molecule has 2 rings (SSSR count). The summed E-state index contributed by atoms with van der Waals surface area (Å²) in [6, 6.07) is 4.31. The quantitative estimate of drug-likeness (QED) is 0.918. The van der Waals surface area contributed by atoms with Crippen LogP contribution >= 0.6 is 0 Å². The van der Waals surface area contributed by atoms with Crippen molar-refractivity contribution in [1.82, 2.24) is 10.2 Å². The van der Waals surface area contributed by atoms with Crippen molar-refractivity contribution in [2.75, 3.05) is 27.2 Å². The second-order valence-corrected chi connectivity index (χ2v) is 5.35. The van der Waals surface area contributed by atoms with Crippen molar-refractivity contribution in [2.24, 2.45) is 0 Å². The van der Waals surface area contributed by atoms with E-state index in [1.54, 1.807) is 6.07 Å². The van der Waals surface area contributed by atoms with Gasteiger partial charge in [-0.05, 0) is 45.1 Å². The Hall–Kier alpha value is -1.62. The number of carbonyl (C=O) groups is 1. The standard InChI is InChI=1S/C15H21FN2O2/c1-18(2)8-7-15(19)17-13-4-3-9-20-14-6-5-11(16)10-12(13)14/h5-6,10,13H,3-4,7-9H2,1-2H3,(H,17,19). The lowest BCUT2D eigenvalue weighted by atomic mass is 10.0. The van der Waals surface area contributed by atoms with Gasteiger partial charge in [0, 0.05) is 18.5 Å². The highest BCUT2D eigenvalue weighted by Gasteiger charge is 2.22. The Labute approximate surface area is 118 Å². The Morgan fingerprint density at radius 1 is 1.50 bits per heavy atom. The van der Waals surface area contributed by atoms with Crippen LogP contribution in [-0.4, -0.2) is 38.1 Å². The second-order valence-electron chi connectivity index (χ2n) is 5.35. The summed E-state index contributed by atoms with van der Waals surface area (Å²) in [5.74, 6) is 0.351. The minimum atomic E-state index is -0.304. The lowest BCUT2D eigenvalue weighted by Gasteiger charge is -2.19. The average molecular weight is 280 g/mol. The van der Waals surface area contributed by atoms with Crippen LogP contribution in [0.15, 0.2) is 18.2 Å². The van der Waals surface area contributed by atoms with E-state index < -0.39 is 0 Å². The van der Waals surface area contributed by atoms with Crippen molar-refractivity contribution in [2.45, 2.75) is 25.3 Å². The first-order valence-corrected chi connectivity index (χ1v) is 6.92. The molecule has 0 aromatic heterocycles. The molecule has 1 aromatic carbocycles. The predicted molar refractivity (Wildman–Crippen MR) is 75.2 cm³/mol. The molecule has 0 radical (unpaired) electrons. The van der Waals surface area contributed by atoms with E-state index in [-0.39, 0.29) is 17.8 Å². The van der Waals surface area contributed by atoms with Crippen LogP contribution < -0.4 is 10.1 Å². The third-order valence-corrected chi connectivity index (χ3v) is 3.36. The molecule has 0 spiro atoms. The maximum absolute atomic E-state index is 13.4. The van der Waals surface area contributed by atoms with E-state index in [0.29, 0.717) is 25.3 Å². The van der Waals surface area contributed by atoms with Gasteiger partial charge in [-0.2, -0.15) is 0 Å². The van der Waals surface area contributed by atoms with Crippen LogP contribution in [0.25, 0.3) is 0 Å². The molecule has 1 atom stereocenters. The number of hydrogen-bond donors (Lipinski definition) is 1. The topological polar surface area (TPSA) is 41.6 Å². The summed E-state index contributed by atoms with van der Waals surface area (Å²) >= 11 is 0. The fraction of sp³-hybridized carbons (Fsp3) is 0.533. The Balaban J connectivity index is 2.08. The predicted octanol–water partition coefficient (Wildman–Crippen LogP) is 2.11. The van der Waals surface area contributed by atoms with Crippen LogP contribution in [-0.2, 0) is 4.79 Å². The maximum Gasteiger partial charge on any atom is 0.221 e. The van der Waals surface area contributed by atoms with E-state index in [0.717, 1.165) is 18.4 Å². The lowest BCUT2D eigenvalue weighted by molar-refractivity contribution is -0.122. The fourth-order valence-corrected chi connectivity index (χ4v) is 2.29. The number of amides is 1. The molecule has 1 amide bonds. The first-order valence-electron chi connectivity index (χ1n) is 6.92. The van der Waals surface area contributed by atoms with Crippen molar-refractivity contribution in [3.8, 4) is 5.75 Å². The van der Waals surface area contributed by atoms with Gasteiger partial charge in [-0.1, -0.05) is 0 Å². The molecule has 5 heteroatoms. The van der Waals surface area contributed by atoms with E-state index >= 15 is 0 Å². The zero-order valence-corrected chi connectivity index (χ0v) is 12.0. The summed E-state index contributed by atoms with van der Waals surface area (Å²) in [6.07, 6.45) is 2.05. The molecule has 110 valence electrons. The molecule has 1 heterocycles. The van der Waals surface area contributed by atoms with E-state index in [4.69, 9.17) is 4.74 Å². The summed E-state index contributed by atoms with van der Waals surface area (Å²) < 4.78 is 19.0. The van der Waals surface area contributed by atoms with Gasteiger partial charge in [0.05, 0.1) is 12.6 Å². The van der Waals surface area contributed by atoms with Crippen LogP contribution in [0.4, 0.5) is 4.39 Å². The zero-order chi connectivity index (χ0) is 14.5. The van der Waals surface area contributed by atoms with Crippen LogP contribution in [0, 0.1) is 5.82 Å². The molecule has 0 bridgehead atoms. The number of ether oxygens (including phenoxy) is 1. The summed E-state index contributed by atoms with van der Waals surface area (Å²) in [5, 5.41) is 2.99. The maximum atomic E-state index is 13.4. The van der Waals surface area contributed by atoms with Crippen LogP contribution in [0.5, 0.6) is 5.75 Å². The Morgan fingerprint density at radius 2 is 2.30 bits per heavy atom. The molecule has 0 saturated carbocycles. The van der Waals surface area contributed by atoms with Crippen molar-refractivity contribution < 1.29 is 13.9 Å². The summed E-state index contributed by atoms with van der Waals surface area (Å²) in [5.41, 5.74) is 0.737. The third kappa shape index (κ3) is 3.93. The van der Waals surface area contributed by atoms with Crippen molar-refractivity contribution >= 4 is 5.91 Å². The van der Waals surface area contributed by atoms with Gasteiger partial charge in [-0.15, -0.1) is 0 Å². The Bertz CT molecular complexity index is 477. The van der Waals surface area contributed by atoms with Gasteiger partial charge < -0.3 is 15.0 Å². The average Bonchev–Trinajstić information content (AvgIpc) is 2.59. The number of halogens is 1.